The predicted molar refractivity (Wildman–Crippen MR) is 70.4 cm³/mol. The average Bonchev–Trinajstić information content (AvgIpc) is 2.74. The van der Waals surface area contributed by atoms with Gasteiger partial charge in [-0.3, -0.25) is 4.99 Å². The van der Waals surface area contributed by atoms with Crippen LogP contribution in [0.25, 0.3) is 0 Å². The van der Waals surface area contributed by atoms with Crippen LogP contribution < -0.4 is 5.73 Å². The third kappa shape index (κ3) is 2.43. The maximum Gasteiger partial charge on any atom is 0.0659 e. The maximum atomic E-state index is 5.86. The first kappa shape index (κ1) is 11.2. The van der Waals surface area contributed by atoms with Crippen molar-refractivity contribution in [2.75, 3.05) is 5.73 Å². The molecule has 1 aromatic carbocycles. The lowest BCUT2D eigenvalue weighted by atomic mass is 10.1. The van der Waals surface area contributed by atoms with Gasteiger partial charge in [-0.1, -0.05) is 12.8 Å². The molecule has 1 saturated carbocycles. The van der Waals surface area contributed by atoms with Crippen LogP contribution in [0.3, 0.4) is 0 Å². The van der Waals surface area contributed by atoms with E-state index in [1.54, 1.807) is 0 Å². The Morgan fingerprint density at radius 1 is 1.19 bits per heavy atom. The van der Waals surface area contributed by atoms with Gasteiger partial charge in [-0.25, -0.2) is 0 Å². The van der Waals surface area contributed by atoms with Crippen LogP contribution in [0.4, 0.5) is 11.4 Å². The van der Waals surface area contributed by atoms with Gasteiger partial charge in [0.2, 0.25) is 0 Å². The molecule has 16 heavy (non-hydrogen) atoms. The molecule has 0 saturated heterocycles. The van der Waals surface area contributed by atoms with Gasteiger partial charge in [0.05, 0.1) is 5.69 Å². The molecule has 0 amide bonds. The molecule has 0 unspecified atom stereocenters. The van der Waals surface area contributed by atoms with Crippen LogP contribution in [0.1, 0.15) is 36.8 Å². The number of hydrogen-bond donors (Lipinski definition) is 1. The third-order valence-electron chi connectivity index (χ3n) is 3.41. The van der Waals surface area contributed by atoms with Gasteiger partial charge in [-0.05, 0) is 55.9 Å². The third-order valence-corrected chi connectivity index (χ3v) is 3.41. The number of aliphatic imine (C=N–C) groups is 1. The molecule has 0 aliphatic heterocycles. The van der Waals surface area contributed by atoms with Crippen LogP contribution in [0.5, 0.6) is 0 Å². The Morgan fingerprint density at radius 2 is 1.88 bits per heavy atom. The van der Waals surface area contributed by atoms with Crippen molar-refractivity contribution >= 4 is 17.6 Å². The van der Waals surface area contributed by atoms with E-state index in [9.17, 15) is 0 Å². The summed E-state index contributed by atoms with van der Waals surface area (Å²) in [5.74, 6) is 0.692. The molecule has 2 nitrogen and oxygen atoms in total. The van der Waals surface area contributed by atoms with Gasteiger partial charge >= 0.3 is 0 Å². The van der Waals surface area contributed by atoms with Crippen LogP contribution in [-0.4, -0.2) is 6.21 Å². The molecule has 1 aromatic rings. The van der Waals surface area contributed by atoms with Gasteiger partial charge in [0.1, 0.15) is 0 Å². The zero-order valence-corrected chi connectivity index (χ0v) is 10.2. The number of rotatable bonds is 2. The number of nitrogens with two attached hydrogens (primary N) is 1. The highest BCUT2D eigenvalue weighted by Crippen LogP contribution is 2.27. The fourth-order valence-corrected chi connectivity index (χ4v) is 2.25. The fraction of sp³-hybridized carbons (Fsp3) is 0.500. The standard InChI is InChI=1S/C14H20N2/c1-10-8-14(11(2)7-13(10)15)16-9-12-5-3-4-6-12/h7-9,12H,3-6,15H2,1-2H3. The smallest absolute Gasteiger partial charge is 0.0659 e. The summed E-state index contributed by atoms with van der Waals surface area (Å²) in [7, 11) is 0. The minimum Gasteiger partial charge on any atom is -0.399 e. The summed E-state index contributed by atoms with van der Waals surface area (Å²) in [5, 5.41) is 0. The number of aryl methyl sites for hydroxylation is 2. The van der Waals surface area contributed by atoms with E-state index in [-0.39, 0.29) is 0 Å². The van der Waals surface area contributed by atoms with Crippen molar-refractivity contribution in [3.05, 3.63) is 23.3 Å². The van der Waals surface area contributed by atoms with E-state index in [0.29, 0.717) is 5.92 Å². The van der Waals surface area contributed by atoms with Crippen LogP contribution in [0, 0.1) is 19.8 Å². The van der Waals surface area contributed by atoms with Crippen molar-refractivity contribution in [2.45, 2.75) is 39.5 Å². The van der Waals surface area contributed by atoms with Crippen LogP contribution in [0.15, 0.2) is 17.1 Å². The number of nitrogens with zero attached hydrogens (tertiary/aromatic N) is 1. The molecule has 86 valence electrons. The number of anilines is 1. The zero-order valence-electron chi connectivity index (χ0n) is 10.2. The summed E-state index contributed by atoms with van der Waals surface area (Å²) in [6, 6.07) is 4.09. The summed E-state index contributed by atoms with van der Waals surface area (Å²) in [5.41, 5.74) is 10.1. The fourth-order valence-electron chi connectivity index (χ4n) is 2.25. The molecule has 0 atom stereocenters. The first-order valence-corrected chi connectivity index (χ1v) is 6.08. The predicted octanol–water partition coefficient (Wildman–Crippen LogP) is 3.78. The molecule has 0 heterocycles. The van der Waals surface area contributed by atoms with E-state index < -0.39 is 0 Å². The van der Waals surface area contributed by atoms with Gasteiger partial charge in [0.25, 0.3) is 0 Å². The van der Waals surface area contributed by atoms with E-state index in [1.807, 2.05) is 13.0 Å². The van der Waals surface area contributed by atoms with E-state index >= 15 is 0 Å². The van der Waals surface area contributed by atoms with Crippen LogP contribution in [-0.2, 0) is 0 Å². The average molecular weight is 216 g/mol. The van der Waals surface area contributed by atoms with Crippen molar-refractivity contribution in [3.8, 4) is 0 Å². The van der Waals surface area contributed by atoms with Crippen LogP contribution in [0.2, 0.25) is 0 Å². The quantitative estimate of drug-likeness (QED) is 0.593. The molecule has 0 radical (unpaired) electrons. The lowest BCUT2D eigenvalue weighted by molar-refractivity contribution is 0.744. The second kappa shape index (κ2) is 4.69. The molecule has 0 spiro atoms. The van der Waals surface area contributed by atoms with Crippen molar-refractivity contribution in [2.24, 2.45) is 10.9 Å². The van der Waals surface area contributed by atoms with Crippen molar-refractivity contribution in [1.29, 1.82) is 0 Å². The van der Waals surface area contributed by atoms with E-state index in [0.717, 1.165) is 22.5 Å². The van der Waals surface area contributed by atoms with Gasteiger partial charge in [-0.2, -0.15) is 0 Å². The Balaban J connectivity index is 2.17. The Morgan fingerprint density at radius 3 is 2.56 bits per heavy atom. The summed E-state index contributed by atoms with van der Waals surface area (Å²) in [6.45, 7) is 4.10. The largest absolute Gasteiger partial charge is 0.399 e. The molecule has 1 aliphatic carbocycles. The van der Waals surface area contributed by atoms with E-state index in [2.05, 4.69) is 24.2 Å². The highest BCUT2D eigenvalue weighted by molar-refractivity contribution is 5.69. The summed E-state index contributed by atoms with van der Waals surface area (Å²) < 4.78 is 0. The molecule has 1 fully saturated rings. The number of nitrogen functional groups attached to an aromatic ring is 1. The SMILES string of the molecule is Cc1cc(N=CC2CCCC2)c(C)cc1N. The monoisotopic (exact) mass is 216 g/mol. The maximum absolute atomic E-state index is 5.86. The molecule has 2 N–H and O–H groups in total. The summed E-state index contributed by atoms with van der Waals surface area (Å²) >= 11 is 0. The van der Waals surface area contributed by atoms with Gasteiger partial charge in [0, 0.05) is 11.9 Å². The lowest BCUT2D eigenvalue weighted by Crippen LogP contribution is -1.94. The Bertz CT molecular complexity index is 401. The van der Waals surface area contributed by atoms with Gasteiger partial charge in [0.15, 0.2) is 0 Å². The summed E-state index contributed by atoms with van der Waals surface area (Å²) in [4.78, 5) is 4.61. The first-order valence-electron chi connectivity index (χ1n) is 6.08. The summed E-state index contributed by atoms with van der Waals surface area (Å²) in [6.07, 6.45) is 7.45. The van der Waals surface area contributed by atoms with E-state index in [4.69, 9.17) is 5.73 Å². The topological polar surface area (TPSA) is 38.4 Å². The number of hydrogen-bond acceptors (Lipinski definition) is 2. The molecule has 1 aliphatic rings. The molecule has 2 rings (SSSR count). The Hall–Kier alpha value is -1.31. The molecule has 2 heteroatoms. The van der Waals surface area contributed by atoms with E-state index in [1.165, 1.54) is 25.7 Å². The molecule has 0 aromatic heterocycles. The first-order chi connectivity index (χ1) is 7.66. The van der Waals surface area contributed by atoms with Gasteiger partial charge in [-0.15, -0.1) is 0 Å². The Kier molecular flexibility index (Phi) is 3.28. The minimum atomic E-state index is 0.692. The second-order valence-corrected chi connectivity index (χ2v) is 4.82. The second-order valence-electron chi connectivity index (χ2n) is 4.82. The lowest BCUT2D eigenvalue weighted by Gasteiger charge is -2.06. The normalized spacial score (nSPS) is 17.4. The Labute approximate surface area is 97.6 Å². The highest BCUT2D eigenvalue weighted by atomic mass is 14.7. The number of benzene rings is 1. The van der Waals surface area contributed by atoms with Crippen molar-refractivity contribution < 1.29 is 0 Å². The van der Waals surface area contributed by atoms with Gasteiger partial charge < -0.3 is 5.73 Å². The van der Waals surface area contributed by atoms with Crippen molar-refractivity contribution in [3.63, 3.8) is 0 Å². The highest BCUT2D eigenvalue weighted by Gasteiger charge is 2.12. The molecular weight excluding hydrogens is 196 g/mol. The zero-order chi connectivity index (χ0) is 11.5. The molecule has 0 bridgehead atoms. The van der Waals surface area contributed by atoms with Crippen LogP contribution >= 0.6 is 0 Å². The van der Waals surface area contributed by atoms with Crippen molar-refractivity contribution in [1.82, 2.24) is 0 Å². The minimum absolute atomic E-state index is 0.692. The molecular formula is C14H20N2.